The molecular weight excluding hydrogens is 319 g/mol. The Bertz CT molecular complexity index is 615. The van der Waals surface area contributed by atoms with Gasteiger partial charge in [0.05, 0.1) is 4.47 Å². The van der Waals surface area contributed by atoms with Gasteiger partial charge in [-0.05, 0) is 45.3 Å². The van der Waals surface area contributed by atoms with E-state index in [1.165, 1.54) is 17.3 Å². The number of nitrogens with one attached hydrogen (secondary N) is 1. The van der Waals surface area contributed by atoms with Gasteiger partial charge in [0, 0.05) is 31.9 Å². The first kappa shape index (κ1) is 13.6. The summed E-state index contributed by atoms with van der Waals surface area (Å²) in [5.74, 6) is -0.216. The number of rotatable bonds is 2. The van der Waals surface area contributed by atoms with Crippen molar-refractivity contribution >= 4 is 21.6 Å². The van der Waals surface area contributed by atoms with Crippen molar-refractivity contribution in [2.75, 3.05) is 18.0 Å². The number of para-hydroxylation sites is 1. The highest BCUT2D eigenvalue weighted by Gasteiger charge is 2.15. The fourth-order valence-electron chi connectivity index (χ4n) is 2.55. The van der Waals surface area contributed by atoms with Crippen LogP contribution in [0.3, 0.4) is 0 Å². The van der Waals surface area contributed by atoms with Crippen LogP contribution in [0.2, 0.25) is 0 Å². The van der Waals surface area contributed by atoms with E-state index in [0.29, 0.717) is 4.47 Å². The number of benzene rings is 2. The molecule has 0 radical (unpaired) electrons. The molecule has 1 aliphatic rings. The Morgan fingerprint density at radius 3 is 2.90 bits per heavy atom. The average molecular weight is 335 g/mol. The summed E-state index contributed by atoms with van der Waals surface area (Å²) < 4.78 is 13.8. The van der Waals surface area contributed by atoms with Crippen LogP contribution in [0.25, 0.3) is 0 Å². The van der Waals surface area contributed by atoms with Crippen molar-refractivity contribution in [3.63, 3.8) is 0 Å². The summed E-state index contributed by atoms with van der Waals surface area (Å²) in [6.07, 6.45) is 0. The Morgan fingerprint density at radius 2 is 2.05 bits per heavy atom. The lowest BCUT2D eigenvalue weighted by molar-refractivity contribution is 0.619. The molecule has 2 aromatic rings. The van der Waals surface area contributed by atoms with Gasteiger partial charge in [0.25, 0.3) is 0 Å². The maximum atomic E-state index is 13.3. The Labute approximate surface area is 126 Å². The van der Waals surface area contributed by atoms with Crippen LogP contribution in [0, 0.1) is 5.82 Å². The van der Waals surface area contributed by atoms with Gasteiger partial charge in [-0.3, -0.25) is 0 Å². The van der Waals surface area contributed by atoms with Gasteiger partial charge in [-0.1, -0.05) is 24.3 Å². The number of halogens is 2. The van der Waals surface area contributed by atoms with Crippen molar-refractivity contribution in [1.29, 1.82) is 0 Å². The third-order valence-corrected chi connectivity index (χ3v) is 4.17. The molecule has 3 rings (SSSR count). The second kappa shape index (κ2) is 5.94. The number of fused-ring (bicyclic) bond motifs is 1. The third-order valence-electron chi connectivity index (χ3n) is 3.56. The first-order chi connectivity index (χ1) is 9.74. The highest BCUT2D eigenvalue weighted by atomic mass is 79.9. The Kier molecular flexibility index (Phi) is 4.03. The van der Waals surface area contributed by atoms with Gasteiger partial charge in [0.1, 0.15) is 5.82 Å². The van der Waals surface area contributed by atoms with Crippen LogP contribution in [0.1, 0.15) is 11.1 Å². The molecule has 1 heterocycles. The summed E-state index contributed by atoms with van der Waals surface area (Å²) in [6.45, 7) is 3.60. The maximum Gasteiger partial charge on any atom is 0.137 e. The van der Waals surface area contributed by atoms with Gasteiger partial charge in [0.15, 0.2) is 0 Å². The fraction of sp³-hybridized carbons (Fsp3) is 0.250. The summed E-state index contributed by atoms with van der Waals surface area (Å²) in [7, 11) is 0. The zero-order valence-electron chi connectivity index (χ0n) is 11.1. The van der Waals surface area contributed by atoms with E-state index in [1.807, 2.05) is 12.1 Å². The van der Waals surface area contributed by atoms with E-state index in [-0.39, 0.29) is 5.82 Å². The highest BCUT2D eigenvalue weighted by molar-refractivity contribution is 9.10. The molecule has 0 aromatic heterocycles. The zero-order valence-corrected chi connectivity index (χ0v) is 12.7. The van der Waals surface area contributed by atoms with Gasteiger partial charge in [-0.25, -0.2) is 4.39 Å². The van der Waals surface area contributed by atoms with Crippen molar-refractivity contribution in [3.8, 4) is 0 Å². The summed E-state index contributed by atoms with van der Waals surface area (Å²) in [4.78, 5) is 2.34. The van der Waals surface area contributed by atoms with Crippen molar-refractivity contribution in [2.24, 2.45) is 0 Å². The summed E-state index contributed by atoms with van der Waals surface area (Å²) in [5, 5.41) is 3.43. The lowest BCUT2D eigenvalue weighted by Crippen LogP contribution is -2.28. The van der Waals surface area contributed by atoms with Crippen LogP contribution < -0.4 is 10.2 Å². The normalized spacial score (nSPS) is 14.8. The first-order valence-corrected chi connectivity index (χ1v) is 7.51. The van der Waals surface area contributed by atoms with Crippen molar-refractivity contribution in [3.05, 3.63) is 63.9 Å². The van der Waals surface area contributed by atoms with Crippen molar-refractivity contribution < 1.29 is 4.39 Å². The van der Waals surface area contributed by atoms with E-state index < -0.39 is 0 Å². The second-order valence-corrected chi connectivity index (χ2v) is 5.83. The molecule has 0 saturated heterocycles. The molecule has 4 heteroatoms. The van der Waals surface area contributed by atoms with E-state index >= 15 is 0 Å². The highest BCUT2D eigenvalue weighted by Crippen LogP contribution is 2.25. The summed E-state index contributed by atoms with van der Waals surface area (Å²) >= 11 is 3.25. The summed E-state index contributed by atoms with van der Waals surface area (Å²) in [6, 6.07) is 13.7. The Balaban J connectivity index is 1.88. The Morgan fingerprint density at radius 1 is 1.20 bits per heavy atom. The van der Waals surface area contributed by atoms with E-state index in [9.17, 15) is 4.39 Å². The van der Waals surface area contributed by atoms with Gasteiger partial charge >= 0.3 is 0 Å². The molecule has 2 nitrogen and oxygen atoms in total. The van der Waals surface area contributed by atoms with E-state index in [4.69, 9.17) is 0 Å². The van der Waals surface area contributed by atoms with Gasteiger partial charge in [0.2, 0.25) is 0 Å². The minimum absolute atomic E-state index is 0.216. The molecule has 1 aliphatic heterocycles. The first-order valence-electron chi connectivity index (χ1n) is 6.71. The molecule has 0 aliphatic carbocycles. The van der Waals surface area contributed by atoms with Crippen LogP contribution in [0.4, 0.5) is 10.1 Å². The molecule has 0 atom stereocenters. The largest absolute Gasteiger partial charge is 0.366 e. The molecule has 0 bridgehead atoms. The van der Waals surface area contributed by atoms with Crippen LogP contribution >= 0.6 is 15.9 Å². The molecule has 0 spiro atoms. The predicted octanol–water partition coefficient (Wildman–Crippen LogP) is 3.70. The number of hydrogen-bond acceptors (Lipinski definition) is 2. The molecule has 0 unspecified atom stereocenters. The van der Waals surface area contributed by atoms with Crippen LogP contribution in [-0.4, -0.2) is 13.1 Å². The third kappa shape index (κ3) is 2.86. The molecule has 20 heavy (non-hydrogen) atoms. The average Bonchev–Trinajstić information content (AvgIpc) is 2.66. The fourth-order valence-corrected chi connectivity index (χ4v) is 2.98. The molecule has 104 valence electrons. The molecule has 0 amide bonds. The van der Waals surface area contributed by atoms with Crippen molar-refractivity contribution in [1.82, 2.24) is 5.32 Å². The maximum absolute atomic E-state index is 13.3. The van der Waals surface area contributed by atoms with E-state index in [2.05, 4.69) is 50.4 Å². The minimum Gasteiger partial charge on any atom is -0.366 e. The SMILES string of the molecule is Fc1ccc(CN2CCNCc3ccccc32)cc1Br. The smallest absolute Gasteiger partial charge is 0.137 e. The quantitative estimate of drug-likeness (QED) is 0.900. The topological polar surface area (TPSA) is 15.3 Å². The van der Waals surface area contributed by atoms with Gasteiger partial charge in [-0.15, -0.1) is 0 Å². The molecule has 1 N–H and O–H groups in total. The van der Waals surface area contributed by atoms with Crippen LogP contribution in [-0.2, 0) is 13.1 Å². The molecule has 0 fully saturated rings. The minimum atomic E-state index is -0.216. The lowest BCUT2D eigenvalue weighted by atomic mass is 10.1. The van der Waals surface area contributed by atoms with Gasteiger partial charge in [-0.2, -0.15) is 0 Å². The monoisotopic (exact) mass is 334 g/mol. The molecule has 2 aromatic carbocycles. The summed E-state index contributed by atoms with van der Waals surface area (Å²) in [5.41, 5.74) is 3.68. The Hall–Kier alpha value is -1.39. The van der Waals surface area contributed by atoms with Gasteiger partial charge < -0.3 is 10.2 Å². The number of nitrogens with zero attached hydrogens (tertiary/aromatic N) is 1. The second-order valence-electron chi connectivity index (χ2n) is 4.98. The molecule has 0 saturated carbocycles. The van der Waals surface area contributed by atoms with Crippen molar-refractivity contribution in [2.45, 2.75) is 13.1 Å². The number of hydrogen-bond donors (Lipinski definition) is 1. The molecular formula is C16H16BrFN2. The lowest BCUT2D eigenvalue weighted by Gasteiger charge is -2.24. The van der Waals surface area contributed by atoms with E-state index in [1.54, 1.807) is 0 Å². The predicted molar refractivity (Wildman–Crippen MR) is 83.3 cm³/mol. The van der Waals surface area contributed by atoms with Crippen LogP contribution in [0.5, 0.6) is 0 Å². The standard InChI is InChI=1S/C16H16BrFN2/c17-14-9-12(5-6-15(14)18)11-20-8-7-19-10-13-3-1-2-4-16(13)20/h1-6,9,19H,7-8,10-11H2. The van der Waals surface area contributed by atoms with Crippen LogP contribution in [0.15, 0.2) is 46.9 Å². The number of anilines is 1. The zero-order chi connectivity index (χ0) is 13.9. The van der Waals surface area contributed by atoms with E-state index in [0.717, 1.165) is 31.7 Å².